The van der Waals surface area contributed by atoms with Gasteiger partial charge in [0.1, 0.15) is 22.9 Å². The first-order valence-electron chi connectivity index (χ1n) is 11.6. The van der Waals surface area contributed by atoms with Crippen LogP contribution < -0.4 is 4.90 Å². The highest BCUT2D eigenvalue weighted by atomic mass is 35.5. The van der Waals surface area contributed by atoms with Gasteiger partial charge in [-0.25, -0.2) is 9.97 Å². The number of fused-ring (bicyclic) bond motifs is 2. The molecule has 1 aliphatic carbocycles. The van der Waals surface area contributed by atoms with E-state index in [1.165, 1.54) is 30.2 Å². The highest BCUT2D eigenvalue weighted by Crippen LogP contribution is 2.56. The van der Waals surface area contributed by atoms with Crippen LogP contribution in [0.1, 0.15) is 25.5 Å². The van der Waals surface area contributed by atoms with Crippen molar-refractivity contribution >= 4 is 43.6 Å². The van der Waals surface area contributed by atoms with E-state index in [4.69, 9.17) is 37.1 Å². The zero-order valence-electron chi connectivity index (χ0n) is 19.5. The second kappa shape index (κ2) is 9.57. The van der Waals surface area contributed by atoms with E-state index in [9.17, 15) is 24.2 Å². The Labute approximate surface area is 217 Å². The van der Waals surface area contributed by atoms with Crippen LogP contribution >= 0.6 is 26.8 Å². The van der Waals surface area contributed by atoms with Crippen molar-refractivity contribution in [3.05, 3.63) is 17.5 Å². The van der Waals surface area contributed by atoms with Crippen LogP contribution in [0.25, 0.3) is 11.2 Å². The van der Waals surface area contributed by atoms with Gasteiger partial charge in [0, 0.05) is 19.2 Å². The molecule has 13 nitrogen and oxygen atoms in total. The first kappa shape index (κ1) is 27.0. The number of nitrogens with zero attached hydrogens (tertiary/aromatic N) is 4. The maximum absolute atomic E-state index is 12.1. The van der Waals surface area contributed by atoms with Crippen molar-refractivity contribution in [1.29, 1.82) is 0 Å². The molecule has 1 saturated carbocycles. The number of terminal acetylenes is 1. The predicted molar refractivity (Wildman–Crippen MR) is 132 cm³/mol. The summed E-state index contributed by atoms with van der Waals surface area (Å²) in [5.41, 5.74) is -0.775. The van der Waals surface area contributed by atoms with Crippen molar-refractivity contribution in [1.82, 2.24) is 14.5 Å². The first-order valence-corrected chi connectivity index (χ1v) is 15.6. The number of halogens is 1. The van der Waals surface area contributed by atoms with Gasteiger partial charge in [0.15, 0.2) is 23.4 Å². The molecule has 0 bridgehead atoms. The molecule has 2 saturated heterocycles. The lowest BCUT2D eigenvalue weighted by molar-refractivity contribution is -0.0568. The Morgan fingerprint density at radius 2 is 1.95 bits per heavy atom. The average molecular weight is 577 g/mol. The minimum absolute atomic E-state index is 0.194. The van der Waals surface area contributed by atoms with E-state index < -0.39 is 51.7 Å². The van der Waals surface area contributed by atoms with Crippen LogP contribution in [-0.2, 0) is 18.4 Å². The van der Waals surface area contributed by atoms with Crippen LogP contribution in [0.2, 0.25) is 5.15 Å². The normalized spacial score (nSPS) is 33.5. The van der Waals surface area contributed by atoms with Crippen molar-refractivity contribution in [3.63, 3.8) is 0 Å². The molecule has 37 heavy (non-hydrogen) atoms. The summed E-state index contributed by atoms with van der Waals surface area (Å²) in [7, 11) is -9.64. The molecule has 16 heteroatoms. The van der Waals surface area contributed by atoms with E-state index in [0.29, 0.717) is 17.4 Å². The molecule has 0 spiro atoms. The lowest BCUT2D eigenvalue weighted by atomic mass is 9.93. The molecule has 1 unspecified atom stereocenters. The van der Waals surface area contributed by atoms with Crippen LogP contribution in [0, 0.1) is 24.2 Å². The van der Waals surface area contributed by atoms with Crippen molar-refractivity contribution in [2.45, 2.75) is 43.3 Å². The van der Waals surface area contributed by atoms with Crippen LogP contribution in [0.3, 0.4) is 0 Å². The largest absolute Gasteiger partial charge is 0.384 e. The monoisotopic (exact) mass is 576 g/mol. The highest BCUT2D eigenvalue weighted by Gasteiger charge is 2.56. The van der Waals surface area contributed by atoms with E-state index in [0.717, 1.165) is 18.8 Å². The third-order valence-corrected chi connectivity index (χ3v) is 11.0. The van der Waals surface area contributed by atoms with Crippen molar-refractivity contribution < 1.29 is 43.3 Å². The number of anilines is 1. The predicted octanol–water partition coefficient (Wildman–Crippen LogP) is 1.28. The van der Waals surface area contributed by atoms with Crippen molar-refractivity contribution in [2.75, 3.05) is 30.5 Å². The van der Waals surface area contributed by atoms with Crippen LogP contribution in [0.15, 0.2) is 12.4 Å². The fourth-order valence-corrected chi connectivity index (χ4v) is 8.33. The van der Waals surface area contributed by atoms with Gasteiger partial charge in [0.25, 0.3) is 0 Å². The number of aliphatic hydroxyl groups is 2. The Kier molecular flexibility index (Phi) is 7.00. The Morgan fingerprint density at radius 1 is 1.27 bits per heavy atom. The minimum atomic E-state index is -4.87. The maximum atomic E-state index is 12.1. The second-order valence-corrected chi connectivity index (χ2v) is 14.2. The van der Waals surface area contributed by atoms with Gasteiger partial charge in [-0.2, -0.15) is 0 Å². The lowest BCUT2D eigenvalue weighted by Crippen LogP contribution is -2.48. The number of hydrogen-bond acceptors (Lipinski definition) is 9. The topological polar surface area (TPSA) is 188 Å². The first-order chi connectivity index (χ1) is 17.3. The second-order valence-electron chi connectivity index (χ2n) is 9.81. The molecule has 2 aromatic rings. The van der Waals surface area contributed by atoms with Gasteiger partial charge < -0.3 is 39.1 Å². The fourth-order valence-electron chi connectivity index (χ4n) is 5.59. The molecule has 5 N–H and O–H groups in total. The van der Waals surface area contributed by atoms with Gasteiger partial charge >= 0.3 is 15.2 Å². The van der Waals surface area contributed by atoms with Gasteiger partial charge in [-0.1, -0.05) is 23.9 Å². The van der Waals surface area contributed by atoms with E-state index in [2.05, 4.69) is 14.9 Å². The Hall–Kier alpha value is -1.55. The summed E-state index contributed by atoms with van der Waals surface area (Å²) in [6.07, 6.45) is 5.86. The fraction of sp³-hybridized carbons (Fsp3) is 0.619. The number of pyridine rings is 1. The van der Waals surface area contributed by atoms with Crippen LogP contribution in [-0.4, -0.2) is 82.8 Å². The third kappa shape index (κ3) is 5.09. The minimum Gasteiger partial charge on any atom is -0.384 e. The number of hydrogen-bond donors (Lipinski definition) is 5. The zero-order valence-corrected chi connectivity index (χ0v) is 22.0. The maximum Gasteiger partial charge on any atom is 0.340 e. The van der Waals surface area contributed by atoms with Crippen LogP contribution in [0.4, 0.5) is 5.69 Å². The number of imidazole rings is 1. The quantitative estimate of drug-likeness (QED) is 0.181. The SMILES string of the molecule is C#C[C@@]1(O)[C@@H](COP(=O)(O)CP(=O)(O)O)O[C@@H](n2cnc3c(N4C[C@H]5CCC[C@H]5C4)cc(Cl)nc32)[C@@H]1O. The number of aliphatic hydroxyl groups excluding tert-OH is 1. The van der Waals surface area contributed by atoms with Crippen molar-refractivity contribution in [3.8, 4) is 12.3 Å². The summed E-state index contributed by atoms with van der Waals surface area (Å²) in [4.78, 5) is 38.8. The third-order valence-electron chi connectivity index (χ3n) is 7.36. The molecule has 0 radical (unpaired) electrons. The molecule has 2 aromatic heterocycles. The van der Waals surface area contributed by atoms with Gasteiger partial charge in [-0.05, 0) is 24.7 Å². The van der Waals surface area contributed by atoms with Gasteiger partial charge in [0.2, 0.25) is 0 Å². The van der Waals surface area contributed by atoms with E-state index in [1.807, 2.05) is 5.92 Å². The molecular weight excluding hydrogens is 550 g/mol. The number of rotatable bonds is 7. The Bertz CT molecular complexity index is 1330. The van der Waals surface area contributed by atoms with Gasteiger partial charge in [0.05, 0.1) is 18.6 Å². The number of ether oxygens (including phenoxy) is 1. The van der Waals surface area contributed by atoms with Crippen LogP contribution in [0.5, 0.6) is 0 Å². The summed E-state index contributed by atoms with van der Waals surface area (Å²) in [5, 5.41) is 22.1. The average Bonchev–Trinajstić information content (AvgIpc) is 3.54. The van der Waals surface area contributed by atoms with Gasteiger partial charge in [-0.3, -0.25) is 13.7 Å². The Morgan fingerprint density at radius 3 is 2.57 bits per heavy atom. The lowest BCUT2D eigenvalue weighted by Gasteiger charge is -2.25. The van der Waals surface area contributed by atoms with Crippen molar-refractivity contribution in [2.24, 2.45) is 11.8 Å². The van der Waals surface area contributed by atoms with Gasteiger partial charge in [-0.15, -0.1) is 6.42 Å². The highest BCUT2D eigenvalue weighted by molar-refractivity contribution is 7.70. The van der Waals surface area contributed by atoms with E-state index >= 15 is 0 Å². The molecule has 3 fully saturated rings. The smallest absolute Gasteiger partial charge is 0.340 e. The molecule has 2 aliphatic heterocycles. The molecule has 0 aromatic carbocycles. The molecular formula is C21H27ClN4O9P2. The molecule has 7 atom stereocenters. The summed E-state index contributed by atoms with van der Waals surface area (Å²) in [5.74, 6) is 1.84. The number of aromatic nitrogens is 3. The molecule has 3 aliphatic rings. The van der Waals surface area contributed by atoms with E-state index in [1.54, 1.807) is 6.07 Å². The summed E-state index contributed by atoms with van der Waals surface area (Å²) < 4.78 is 35.1. The molecule has 4 heterocycles. The summed E-state index contributed by atoms with van der Waals surface area (Å²) >= 11 is 6.35. The Balaban J connectivity index is 1.42. The summed E-state index contributed by atoms with van der Waals surface area (Å²) in [6, 6.07) is 1.74. The molecule has 5 rings (SSSR count). The zero-order chi connectivity index (χ0) is 26.8. The molecule has 0 amide bonds. The standard InChI is InChI=1S/C21H27ClN4O9P2/c1-2-21(28)15(9-34-37(32,33)11-36(29,30)31)35-20(18(21)27)26-10-23-17-14(6-16(22)24-19(17)26)25-7-12-4-3-5-13(12)8-25/h1,6,10,12-13,15,18,20,27-28H,3-5,7-9,11H2,(H,32,33)(H2,29,30,31)/t12-,13+,15-,18+,20-,21-/m1/s1. The molecule has 202 valence electrons. The van der Waals surface area contributed by atoms with E-state index in [-0.39, 0.29) is 10.8 Å². The summed E-state index contributed by atoms with van der Waals surface area (Å²) in [6.45, 7) is 0.924.